The molecule has 1 atom stereocenters. The average molecular weight is 421 g/mol. The summed E-state index contributed by atoms with van der Waals surface area (Å²) in [7, 11) is 1.80. The number of halogens is 1. The van der Waals surface area contributed by atoms with Crippen molar-refractivity contribution < 1.29 is 4.74 Å². The monoisotopic (exact) mass is 421 g/mol. The van der Waals surface area contributed by atoms with Crippen LogP contribution in [0.3, 0.4) is 0 Å². The predicted molar refractivity (Wildman–Crippen MR) is 100 cm³/mol. The van der Waals surface area contributed by atoms with Gasteiger partial charge in [-0.3, -0.25) is 9.67 Å². The van der Waals surface area contributed by atoms with Crippen LogP contribution >= 0.6 is 24.0 Å². The van der Waals surface area contributed by atoms with Crippen molar-refractivity contribution in [1.29, 1.82) is 0 Å². The highest BCUT2D eigenvalue weighted by Gasteiger charge is 2.15. The van der Waals surface area contributed by atoms with E-state index in [1.54, 1.807) is 7.05 Å². The lowest BCUT2D eigenvalue weighted by atomic mass is 10.2. The maximum absolute atomic E-state index is 5.59. The Bertz CT molecular complexity index is 468. The summed E-state index contributed by atoms with van der Waals surface area (Å²) >= 11 is 0. The number of nitrogens with zero attached hydrogens (tertiary/aromatic N) is 3. The van der Waals surface area contributed by atoms with Crippen molar-refractivity contribution in [3.8, 4) is 0 Å². The SMILES string of the molecule is CN=C(NCCCn1nc(C)cc1C)NCC1CCCO1.I. The van der Waals surface area contributed by atoms with Gasteiger partial charge >= 0.3 is 0 Å². The van der Waals surface area contributed by atoms with Crippen molar-refractivity contribution in [3.63, 3.8) is 0 Å². The fourth-order valence-electron chi connectivity index (χ4n) is 2.57. The molecule has 1 aromatic heterocycles. The van der Waals surface area contributed by atoms with Crippen LogP contribution in [0.2, 0.25) is 0 Å². The number of hydrogen-bond donors (Lipinski definition) is 2. The summed E-state index contributed by atoms with van der Waals surface area (Å²) in [5.74, 6) is 0.846. The lowest BCUT2D eigenvalue weighted by molar-refractivity contribution is 0.114. The first-order valence-corrected chi connectivity index (χ1v) is 7.76. The molecule has 1 aromatic rings. The van der Waals surface area contributed by atoms with Crippen LogP contribution in [0, 0.1) is 13.8 Å². The third-order valence-corrected chi connectivity index (χ3v) is 3.69. The van der Waals surface area contributed by atoms with E-state index in [4.69, 9.17) is 4.74 Å². The second-order valence-corrected chi connectivity index (χ2v) is 5.52. The molecule has 126 valence electrons. The average Bonchev–Trinajstić information content (AvgIpc) is 3.08. The summed E-state index contributed by atoms with van der Waals surface area (Å²) < 4.78 is 7.65. The lowest BCUT2D eigenvalue weighted by Gasteiger charge is -2.15. The van der Waals surface area contributed by atoms with Gasteiger partial charge in [-0.2, -0.15) is 5.10 Å². The Morgan fingerprint density at radius 1 is 1.45 bits per heavy atom. The third kappa shape index (κ3) is 6.12. The van der Waals surface area contributed by atoms with Crippen molar-refractivity contribution in [3.05, 3.63) is 17.5 Å². The predicted octanol–water partition coefficient (Wildman–Crippen LogP) is 1.85. The lowest BCUT2D eigenvalue weighted by Crippen LogP contribution is -2.41. The molecule has 0 amide bonds. The van der Waals surface area contributed by atoms with Gasteiger partial charge in [0.05, 0.1) is 11.8 Å². The Morgan fingerprint density at radius 2 is 2.27 bits per heavy atom. The van der Waals surface area contributed by atoms with Crippen molar-refractivity contribution in [2.45, 2.75) is 45.8 Å². The molecule has 2 N–H and O–H groups in total. The van der Waals surface area contributed by atoms with Gasteiger partial charge in [0.1, 0.15) is 0 Å². The van der Waals surface area contributed by atoms with Gasteiger partial charge in [-0.1, -0.05) is 0 Å². The zero-order valence-electron chi connectivity index (χ0n) is 13.8. The summed E-state index contributed by atoms with van der Waals surface area (Å²) in [6.07, 6.45) is 3.66. The fraction of sp³-hybridized carbons (Fsp3) is 0.733. The van der Waals surface area contributed by atoms with E-state index < -0.39 is 0 Å². The molecule has 1 saturated heterocycles. The Kier molecular flexibility index (Phi) is 8.77. The summed E-state index contributed by atoms with van der Waals surface area (Å²) in [5, 5.41) is 11.1. The van der Waals surface area contributed by atoms with Crippen molar-refractivity contribution in [2.75, 3.05) is 26.7 Å². The normalized spacial score (nSPS) is 18.1. The smallest absolute Gasteiger partial charge is 0.191 e. The third-order valence-electron chi connectivity index (χ3n) is 3.69. The summed E-state index contributed by atoms with van der Waals surface area (Å²) in [5.41, 5.74) is 2.29. The van der Waals surface area contributed by atoms with Crippen molar-refractivity contribution in [2.24, 2.45) is 4.99 Å². The number of rotatable bonds is 6. The van der Waals surface area contributed by atoms with Crippen LogP contribution < -0.4 is 10.6 Å². The molecular formula is C15H28IN5O. The molecule has 7 heteroatoms. The molecule has 1 fully saturated rings. The zero-order valence-corrected chi connectivity index (χ0v) is 16.1. The molecule has 0 spiro atoms. The van der Waals surface area contributed by atoms with Crippen LogP contribution in [0.5, 0.6) is 0 Å². The standard InChI is InChI=1S/C15H27N5O.HI/c1-12-10-13(2)20(19-12)8-5-7-17-15(16-3)18-11-14-6-4-9-21-14;/h10,14H,4-9,11H2,1-3H3,(H2,16,17,18);1H. The van der Waals surface area contributed by atoms with E-state index in [9.17, 15) is 0 Å². The van der Waals surface area contributed by atoms with Gasteiger partial charge in [-0.05, 0) is 39.2 Å². The minimum atomic E-state index is 0. The molecule has 2 rings (SSSR count). The number of guanidine groups is 1. The summed E-state index contributed by atoms with van der Waals surface area (Å²) in [6.45, 7) is 7.64. The van der Waals surface area contributed by atoms with E-state index in [0.29, 0.717) is 6.10 Å². The van der Waals surface area contributed by atoms with Crippen molar-refractivity contribution in [1.82, 2.24) is 20.4 Å². The van der Waals surface area contributed by atoms with E-state index >= 15 is 0 Å². The minimum absolute atomic E-state index is 0. The number of aliphatic imine (C=N–C) groups is 1. The van der Waals surface area contributed by atoms with Crippen LogP contribution in [-0.4, -0.2) is 48.6 Å². The topological polar surface area (TPSA) is 63.5 Å². The Morgan fingerprint density at radius 3 is 2.86 bits per heavy atom. The van der Waals surface area contributed by atoms with Gasteiger partial charge in [-0.25, -0.2) is 0 Å². The van der Waals surface area contributed by atoms with E-state index in [1.165, 1.54) is 12.1 Å². The Labute approximate surface area is 150 Å². The minimum Gasteiger partial charge on any atom is -0.376 e. The first-order valence-electron chi connectivity index (χ1n) is 7.76. The van der Waals surface area contributed by atoms with E-state index in [0.717, 1.165) is 50.7 Å². The molecule has 1 aliphatic heterocycles. The van der Waals surface area contributed by atoms with Gasteiger partial charge in [0.15, 0.2) is 5.96 Å². The van der Waals surface area contributed by atoms with Crippen LogP contribution in [0.4, 0.5) is 0 Å². The van der Waals surface area contributed by atoms with Crippen molar-refractivity contribution >= 4 is 29.9 Å². The highest BCUT2D eigenvalue weighted by molar-refractivity contribution is 14.0. The largest absolute Gasteiger partial charge is 0.376 e. The highest BCUT2D eigenvalue weighted by atomic mass is 127. The first-order chi connectivity index (χ1) is 10.2. The van der Waals surface area contributed by atoms with Gasteiger partial charge < -0.3 is 15.4 Å². The molecule has 0 aromatic carbocycles. The number of hydrogen-bond acceptors (Lipinski definition) is 3. The molecule has 0 aliphatic carbocycles. The molecular weight excluding hydrogens is 393 g/mol. The van der Waals surface area contributed by atoms with E-state index in [2.05, 4.69) is 38.4 Å². The number of aromatic nitrogens is 2. The molecule has 0 radical (unpaired) electrons. The Balaban J connectivity index is 0.00000242. The van der Waals surface area contributed by atoms with Crippen LogP contribution in [-0.2, 0) is 11.3 Å². The van der Waals surface area contributed by atoms with E-state index in [1.807, 2.05) is 6.92 Å². The van der Waals surface area contributed by atoms with Gasteiger partial charge in [0.2, 0.25) is 0 Å². The molecule has 6 nitrogen and oxygen atoms in total. The number of nitrogens with one attached hydrogen (secondary N) is 2. The number of ether oxygens (including phenoxy) is 1. The van der Waals surface area contributed by atoms with Crippen LogP contribution in [0.1, 0.15) is 30.7 Å². The van der Waals surface area contributed by atoms with Crippen LogP contribution in [0.25, 0.3) is 0 Å². The first kappa shape index (κ1) is 19.2. The van der Waals surface area contributed by atoms with Crippen LogP contribution in [0.15, 0.2) is 11.1 Å². The molecule has 0 bridgehead atoms. The van der Waals surface area contributed by atoms with Gasteiger partial charge in [0.25, 0.3) is 0 Å². The molecule has 2 heterocycles. The molecule has 0 saturated carbocycles. The zero-order chi connectivity index (χ0) is 15.1. The van der Waals surface area contributed by atoms with E-state index in [-0.39, 0.29) is 24.0 Å². The summed E-state index contributed by atoms with van der Waals surface area (Å²) in [4.78, 5) is 4.23. The summed E-state index contributed by atoms with van der Waals surface area (Å²) in [6, 6.07) is 2.11. The fourth-order valence-corrected chi connectivity index (χ4v) is 2.57. The highest BCUT2D eigenvalue weighted by Crippen LogP contribution is 2.10. The second-order valence-electron chi connectivity index (χ2n) is 5.52. The van der Waals surface area contributed by atoms with Gasteiger partial charge in [-0.15, -0.1) is 24.0 Å². The number of aryl methyl sites for hydroxylation is 3. The molecule has 1 aliphatic rings. The maximum atomic E-state index is 5.59. The second kappa shape index (κ2) is 10.0. The molecule has 22 heavy (non-hydrogen) atoms. The molecule has 1 unspecified atom stereocenters. The maximum Gasteiger partial charge on any atom is 0.191 e. The quantitative estimate of drug-likeness (QED) is 0.319. The van der Waals surface area contributed by atoms with Gasteiger partial charge in [0, 0.05) is 39.0 Å². The Hall–Kier alpha value is -0.830.